The number of hydrogen-bond acceptors (Lipinski definition) is 3. The number of nitrogens with zero attached hydrogens (tertiary/aromatic N) is 2. The van der Waals surface area contributed by atoms with Crippen LogP contribution in [-0.4, -0.2) is 22.8 Å². The summed E-state index contributed by atoms with van der Waals surface area (Å²) in [7, 11) is 1.66. The fourth-order valence-electron chi connectivity index (χ4n) is 3.22. The average molecular weight is 363 g/mol. The van der Waals surface area contributed by atoms with Crippen molar-refractivity contribution in [3.05, 3.63) is 76.1 Å². The van der Waals surface area contributed by atoms with Crippen molar-refractivity contribution in [3.63, 3.8) is 0 Å². The van der Waals surface area contributed by atoms with Gasteiger partial charge < -0.3 is 10.1 Å². The zero-order valence-electron chi connectivity index (χ0n) is 16.5. The monoisotopic (exact) mass is 363 g/mol. The van der Waals surface area contributed by atoms with Gasteiger partial charge in [-0.3, -0.25) is 9.48 Å². The van der Waals surface area contributed by atoms with Crippen LogP contribution in [0.3, 0.4) is 0 Å². The molecule has 0 bridgehead atoms. The van der Waals surface area contributed by atoms with Gasteiger partial charge in [-0.05, 0) is 57.0 Å². The number of nitrogens with one attached hydrogen (secondary N) is 1. The first-order valence-corrected chi connectivity index (χ1v) is 8.94. The predicted molar refractivity (Wildman–Crippen MR) is 108 cm³/mol. The minimum absolute atomic E-state index is 0.111. The predicted octanol–water partition coefficient (Wildman–Crippen LogP) is 4.43. The second kappa shape index (κ2) is 7.66. The molecule has 0 aliphatic carbocycles. The Balaban J connectivity index is 1.84. The number of aromatic nitrogens is 2. The molecule has 2 aromatic carbocycles. The Morgan fingerprint density at radius 2 is 1.89 bits per heavy atom. The third-order valence-corrected chi connectivity index (χ3v) is 4.71. The lowest BCUT2D eigenvalue weighted by atomic mass is 10.1. The number of benzene rings is 2. The summed E-state index contributed by atoms with van der Waals surface area (Å²) in [6, 6.07) is 13.7. The number of amides is 1. The summed E-state index contributed by atoms with van der Waals surface area (Å²) < 4.78 is 7.19. The van der Waals surface area contributed by atoms with Gasteiger partial charge in [-0.1, -0.05) is 29.8 Å². The molecule has 0 saturated carbocycles. The molecule has 0 atom stereocenters. The Labute approximate surface area is 160 Å². The largest absolute Gasteiger partial charge is 0.497 e. The minimum Gasteiger partial charge on any atom is -0.497 e. The van der Waals surface area contributed by atoms with Crippen LogP contribution in [0.1, 0.15) is 38.4 Å². The second-order valence-electron chi connectivity index (χ2n) is 6.83. The van der Waals surface area contributed by atoms with E-state index in [1.54, 1.807) is 7.11 Å². The third-order valence-electron chi connectivity index (χ3n) is 4.71. The van der Waals surface area contributed by atoms with E-state index < -0.39 is 0 Å². The minimum atomic E-state index is -0.111. The van der Waals surface area contributed by atoms with E-state index in [0.717, 1.165) is 39.5 Å². The summed E-state index contributed by atoms with van der Waals surface area (Å²) in [6.45, 7) is 8.47. The summed E-state index contributed by atoms with van der Waals surface area (Å²) in [6.07, 6.45) is 0. The van der Waals surface area contributed by atoms with Gasteiger partial charge in [-0.15, -0.1) is 0 Å². The molecule has 0 spiro atoms. The molecule has 0 unspecified atom stereocenters. The highest BCUT2D eigenvalue weighted by atomic mass is 16.5. The van der Waals surface area contributed by atoms with E-state index in [0.29, 0.717) is 12.1 Å². The fourth-order valence-corrected chi connectivity index (χ4v) is 3.22. The van der Waals surface area contributed by atoms with Gasteiger partial charge in [-0.25, -0.2) is 0 Å². The zero-order valence-corrected chi connectivity index (χ0v) is 16.5. The highest BCUT2D eigenvalue weighted by Crippen LogP contribution is 2.23. The van der Waals surface area contributed by atoms with Crippen molar-refractivity contribution < 1.29 is 9.53 Å². The number of aryl methyl sites for hydroxylation is 3. The lowest BCUT2D eigenvalue weighted by Gasteiger charge is -2.10. The van der Waals surface area contributed by atoms with Crippen LogP contribution in [-0.2, 0) is 6.54 Å². The second-order valence-corrected chi connectivity index (χ2v) is 6.83. The maximum Gasteiger partial charge on any atom is 0.256 e. The van der Waals surface area contributed by atoms with E-state index in [1.807, 2.05) is 74.8 Å². The normalized spacial score (nSPS) is 10.7. The van der Waals surface area contributed by atoms with E-state index >= 15 is 0 Å². The van der Waals surface area contributed by atoms with E-state index in [2.05, 4.69) is 10.4 Å². The molecule has 1 N–H and O–H groups in total. The van der Waals surface area contributed by atoms with Gasteiger partial charge in [0.15, 0.2) is 0 Å². The standard InChI is InChI=1S/C22H25N3O2/c1-14-9-10-20(15(2)11-14)22(26)23-21-16(3)24-25(17(21)4)13-18-7-6-8-19(12-18)27-5/h6-12H,13H2,1-5H3,(H,23,26). The van der Waals surface area contributed by atoms with Gasteiger partial charge in [0.05, 0.1) is 30.7 Å². The molecule has 0 fully saturated rings. The Bertz CT molecular complexity index is 989. The Hall–Kier alpha value is -3.08. The maximum atomic E-state index is 12.7. The summed E-state index contributed by atoms with van der Waals surface area (Å²) in [5, 5.41) is 7.64. The highest BCUT2D eigenvalue weighted by molar-refractivity contribution is 6.05. The molecule has 1 aromatic heterocycles. The van der Waals surface area contributed by atoms with Crippen LogP contribution in [0.5, 0.6) is 5.75 Å². The molecule has 0 aliphatic rings. The molecule has 0 saturated heterocycles. The van der Waals surface area contributed by atoms with E-state index in [1.165, 1.54) is 0 Å². The third kappa shape index (κ3) is 4.03. The molecule has 5 heteroatoms. The first kappa shape index (κ1) is 18.7. The smallest absolute Gasteiger partial charge is 0.256 e. The van der Waals surface area contributed by atoms with Crippen LogP contribution in [0, 0.1) is 27.7 Å². The molecule has 3 aromatic rings. The van der Waals surface area contributed by atoms with E-state index in [4.69, 9.17) is 4.74 Å². The number of rotatable bonds is 5. The zero-order chi connectivity index (χ0) is 19.6. The fraction of sp³-hybridized carbons (Fsp3) is 0.273. The van der Waals surface area contributed by atoms with Gasteiger partial charge in [0, 0.05) is 5.56 Å². The quantitative estimate of drug-likeness (QED) is 0.730. The average Bonchev–Trinajstić information content (AvgIpc) is 2.89. The lowest BCUT2D eigenvalue weighted by Crippen LogP contribution is -2.14. The maximum absolute atomic E-state index is 12.7. The molecule has 1 heterocycles. The van der Waals surface area contributed by atoms with Crippen LogP contribution < -0.4 is 10.1 Å². The van der Waals surface area contributed by atoms with Crippen molar-refractivity contribution in [3.8, 4) is 5.75 Å². The molecule has 1 amide bonds. The Morgan fingerprint density at radius 1 is 1.11 bits per heavy atom. The number of anilines is 1. The number of carbonyl (C=O) groups excluding carboxylic acids is 1. The molecule has 5 nitrogen and oxygen atoms in total. The summed E-state index contributed by atoms with van der Waals surface area (Å²) in [4.78, 5) is 12.7. The highest BCUT2D eigenvalue weighted by Gasteiger charge is 2.16. The van der Waals surface area contributed by atoms with Crippen molar-refractivity contribution in [2.24, 2.45) is 0 Å². The lowest BCUT2D eigenvalue weighted by molar-refractivity contribution is 0.102. The molecule has 0 radical (unpaired) electrons. The van der Waals surface area contributed by atoms with Gasteiger partial charge in [0.2, 0.25) is 0 Å². The molecular weight excluding hydrogens is 338 g/mol. The molecular formula is C22H25N3O2. The van der Waals surface area contributed by atoms with Crippen molar-refractivity contribution in [2.45, 2.75) is 34.2 Å². The summed E-state index contributed by atoms with van der Waals surface area (Å²) in [5.74, 6) is 0.706. The van der Waals surface area contributed by atoms with Gasteiger partial charge in [0.25, 0.3) is 5.91 Å². The van der Waals surface area contributed by atoms with Crippen molar-refractivity contribution in [2.75, 3.05) is 12.4 Å². The Morgan fingerprint density at radius 3 is 2.59 bits per heavy atom. The first-order chi connectivity index (χ1) is 12.9. The van der Waals surface area contributed by atoms with Gasteiger partial charge in [0.1, 0.15) is 5.75 Å². The van der Waals surface area contributed by atoms with Crippen LogP contribution in [0.15, 0.2) is 42.5 Å². The van der Waals surface area contributed by atoms with Crippen molar-refractivity contribution >= 4 is 11.6 Å². The van der Waals surface area contributed by atoms with Crippen LogP contribution in [0.25, 0.3) is 0 Å². The Kier molecular flexibility index (Phi) is 5.31. The summed E-state index contributed by atoms with van der Waals surface area (Å²) >= 11 is 0. The number of hydrogen-bond donors (Lipinski definition) is 1. The number of methoxy groups -OCH3 is 1. The summed E-state index contributed by atoms with van der Waals surface area (Å²) in [5.41, 5.74) is 6.37. The molecule has 3 rings (SSSR count). The topological polar surface area (TPSA) is 56.1 Å². The molecule has 0 aliphatic heterocycles. The van der Waals surface area contributed by atoms with Crippen LogP contribution in [0.2, 0.25) is 0 Å². The van der Waals surface area contributed by atoms with Crippen molar-refractivity contribution in [1.82, 2.24) is 9.78 Å². The van der Waals surface area contributed by atoms with E-state index in [9.17, 15) is 4.79 Å². The van der Waals surface area contributed by atoms with E-state index in [-0.39, 0.29) is 5.91 Å². The van der Waals surface area contributed by atoms with Gasteiger partial charge in [-0.2, -0.15) is 5.10 Å². The van der Waals surface area contributed by atoms with Crippen LogP contribution >= 0.6 is 0 Å². The van der Waals surface area contributed by atoms with Gasteiger partial charge >= 0.3 is 0 Å². The SMILES string of the molecule is COc1cccc(Cn2nc(C)c(NC(=O)c3ccc(C)cc3C)c2C)c1. The first-order valence-electron chi connectivity index (χ1n) is 8.94. The number of carbonyl (C=O) groups is 1. The molecule has 140 valence electrons. The van der Waals surface area contributed by atoms with Crippen LogP contribution in [0.4, 0.5) is 5.69 Å². The number of ether oxygens (including phenoxy) is 1. The van der Waals surface area contributed by atoms with Crippen molar-refractivity contribution in [1.29, 1.82) is 0 Å². The molecule has 27 heavy (non-hydrogen) atoms.